The smallest absolute Gasteiger partial charge is 0.745 e. The van der Waals surface area contributed by atoms with Gasteiger partial charge >= 0.3 is 35.5 Å². The normalized spacial score (nSPS) is 12.6. The van der Waals surface area contributed by atoms with Crippen LogP contribution in [0.15, 0.2) is 0 Å². The predicted molar refractivity (Wildman–Crippen MR) is 109 cm³/mol. The Labute approximate surface area is 195 Å². The molecule has 0 bridgehead atoms. The molecule has 0 aromatic rings. The van der Waals surface area contributed by atoms with E-state index in [9.17, 15) is 17.8 Å². The first-order chi connectivity index (χ1) is 12.8. The van der Waals surface area contributed by atoms with Crippen LogP contribution in [0.2, 0.25) is 0 Å². The van der Waals surface area contributed by atoms with Crippen LogP contribution in [0.5, 0.6) is 0 Å². The van der Waals surface area contributed by atoms with Gasteiger partial charge in [0.15, 0.2) is 5.44 Å². The largest absolute Gasteiger partial charge is 1.00 e. The first-order valence-corrected chi connectivity index (χ1v) is 12.4. The average molecular weight is 429 g/mol. The van der Waals surface area contributed by atoms with Gasteiger partial charge in [0, 0.05) is 0 Å². The van der Waals surface area contributed by atoms with E-state index in [2.05, 4.69) is 6.92 Å². The minimum Gasteiger partial charge on any atom is -0.745 e. The molecule has 0 amide bonds. The molecule has 0 rings (SSSR count). The van der Waals surface area contributed by atoms with Gasteiger partial charge in [0.2, 0.25) is 0 Å². The predicted octanol–water partition coefficient (Wildman–Crippen LogP) is 2.93. The Balaban J connectivity index is 0. The number of rotatable bonds is 18. The summed E-state index contributed by atoms with van der Waals surface area (Å²) in [7, 11) is -4.60. The summed E-state index contributed by atoms with van der Waals surface area (Å²) in [5.74, 6) is -1.07. The zero-order chi connectivity index (χ0) is 20.5. The SMILES string of the molecule is CCCCCCCCCCCCCCCCC(OC(=O)C(C)C)S(=O)(=O)[O-].[Na+]. The maximum atomic E-state index is 11.5. The molecule has 7 heteroatoms. The van der Waals surface area contributed by atoms with Crippen molar-refractivity contribution in [2.75, 3.05) is 0 Å². The van der Waals surface area contributed by atoms with E-state index in [0.29, 0.717) is 6.42 Å². The van der Waals surface area contributed by atoms with Gasteiger partial charge < -0.3 is 9.29 Å². The Morgan fingerprint density at radius 1 is 0.786 bits per heavy atom. The quantitative estimate of drug-likeness (QED) is 0.145. The van der Waals surface area contributed by atoms with E-state index in [1.165, 1.54) is 64.2 Å². The molecule has 0 fully saturated rings. The third-order valence-electron chi connectivity index (χ3n) is 4.83. The molecule has 1 unspecified atom stereocenters. The van der Waals surface area contributed by atoms with Crippen LogP contribution in [0.3, 0.4) is 0 Å². The summed E-state index contributed by atoms with van der Waals surface area (Å²) in [5, 5.41) is 0. The zero-order valence-corrected chi connectivity index (χ0v) is 21.5. The maximum absolute atomic E-state index is 11.5. The van der Waals surface area contributed by atoms with E-state index in [1.54, 1.807) is 13.8 Å². The Morgan fingerprint density at radius 3 is 1.46 bits per heavy atom. The molecule has 162 valence electrons. The van der Waals surface area contributed by atoms with Crippen molar-refractivity contribution in [3.63, 3.8) is 0 Å². The van der Waals surface area contributed by atoms with Gasteiger partial charge in [0.05, 0.1) is 5.92 Å². The van der Waals surface area contributed by atoms with Crippen LogP contribution in [0, 0.1) is 5.92 Å². The van der Waals surface area contributed by atoms with E-state index < -0.39 is 27.4 Å². The van der Waals surface area contributed by atoms with Crippen molar-refractivity contribution >= 4 is 16.1 Å². The number of hydrogen-bond donors (Lipinski definition) is 0. The second-order valence-corrected chi connectivity index (χ2v) is 9.41. The molecule has 0 aliphatic rings. The van der Waals surface area contributed by atoms with Crippen molar-refractivity contribution in [1.82, 2.24) is 0 Å². The second-order valence-electron chi connectivity index (χ2n) is 7.90. The van der Waals surface area contributed by atoms with Crippen LogP contribution in [-0.4, -0.2) is 24.4 Å². The van der Waals surface area contributed by atoms with Gasteiger partial charge in [-0.05, 0) is 12.8 Å². The fourth-order valence-electron chi connectivity index (χ4n) is 3.03. The van der Waals surface area contributed by atoms with Crippen molar-refractivity contribution in [1.29, 1.82) is 0 Å². The molecule has 0 saturated heterocycles. The van der Waals surface area contributed by atoms with E-state index in [1.807, 2.05) is 0 Å². The van der Waals surface area contributed by atoms with Gasteiger partial charge in [-0.1, -0.05) is 104 Å². The number of esters is 1. The van der Waals surface area contributed by atoms with Gasteiger partial charge in [0.25, 0.3) is 0 Å². The molecule has 0 N–H and O–H groups in total. The summed E-state index contributed by atoms with van der Waals surface area (Å²) < 4.78 is 38.5. The maximum Gasteiger partial charge on any atom is 1.00 e. The van der Waals surface area contributed by atoms with Crippen molar-refractivity contribution in [3.05, 3.63) is 0 Å². The first kappa shape index (κ1) is 30.6. The van der Waals surface area contributed by atoms with Crippen molar-refractivity contribution < 1.29 is 52.1 Å². The van der Waals surface area contributed by atoms with Crippen LogP contribution in [0.25, 0.3) is 0 Å². The molecule has 5 nitrogen and oxygen atoms in total. The molecule has 0 saturated carbocycles. The molecular weight excluding hydrogens is 387 g/mol. The van der Waals surface area contributed by atoms with Gasteiger partial charge in [-0.3, -0.25) is 4.79 Å². The van der Waals surface area contributed by atoms with E-state index in [-0.39, 0.29) is 36.0 Å². The van der Waals surface area contributed by atoms with Gasteiger partial charge in [0.1, 0.15) is 10.1 Å². The first-order valence-electron chi connectivity index (χ1n) is 10.9. The van der Waals surface area contributed by atoms with Crippen LogP contribution in [0.1, 0.15) is 117 Å². The second kappa shape index (κ2) is 19.3. The van der Waals surface area contributed by atoms with Crippen LogP contribution < -0.4 is 29.6 Å². The molecular formula is C21H41NaO5S. The molecule has 0 spiro atoms. The third kappa shape index (κ3) is 18.4. The summed E-state index contributed by atoms with van der Waals surface area (Å²) >= 11 is 0. The standard InChI is InChI=1S/C21H42O5S.Na/c1-4-5-6-7-8-9-10-11-12-13-14-15-16-17-18-20(27(23,24)25)26-21(22)19(2)3;/h19-20H,4-18H2,1-3H3,(H,23,24,25);/q;+1/p-1. The Hall–Kier alpha value is 0.380. The molecule has 1 atom stereocenters. The van der Waals surface area contributed by atoms with Crippen LogP contribution in [-0.2, 0) is 19.6 Å². The Morgan fingerprint density at radius 2 is 1.14 bits per heavy atom. The number of ether oxygens (including phenoxy) is 1. The molecule has 0 aliphatic carbocycles. The summed E-state index contributed by atoms with van der Waals surface area (Å²) in [6.45, 7) is 5.47. The summed E-state index contributed by atoms with van der Waals surface area (Å²) in [6.07, 6.45) is 17.0. The van der Waals surface area contributed by atoms with Crippen molar-refractivity contribution in [2.24, 2.45) is 5.92 Å². The fourth-order valence-corrected chi connectivity index (χ4v) is 3.70. The molecule has 28 heavy (non-hydrogen) atoms. The topological polar surface area (TPSA) is 83.5 Å². The Kier molecular flexibility index (Phi) is 21.1. The zero-order valence-electron chi connectivity index (χ0n) is 18.7. The summed E-state index contributed by atoms with van der Waals surface area (Å²) in [4.78, 5) is 11.5. The number of unbranched alkanes of at least 4 members (excludes halogenated alkanes) is 13. The average Bonchev–Trinajstić information content (AvgIpc) is 2.59. The van der Waals surface area contributed by atoms with Crippen LogP contribution in [0.4, 0.5) is 0 Å². The number of carbonyl (C=O) groups is 1. The minimum atomic E-state index is -4.60. The van der Waals surface area contributed by atoms with Gasteiger partial charge in [-0.2, -0.15) is 0 Å². The number of carbonyl (C=O) groups excluding carboxylic acids is 1. The van der Waals surface area contributed by atoms with Crippen molar-refractivity contribution in [2.45, 2.75) is 123 Å². The molecule has 0 aromatic carbocycles. The summed E-state index contributed by atoms with van der Waals surface area (Å²) in [6, 6.07) is 0. The third-order valence-corrected chi connectivity index (χ3v) is 5.81. The van der Waals surface area contributed by atoms with Gasteiger partial charge in [-0.25, -0.2) is 8.42 Å². The minimum absolute atomic E-state index is 0. The molecule has 0 heterocycles. The van der Waals surface area contributed by atoms with E-state index >= 15 is 0 Å². The molecule has 0 aliphatic heterocycles. The van der Waals surface area contributed by atoms with E-state index in [0.717, 1.165) is 19.3 Å². The van der Waals surface area contributed by atoms with Crippen LogP contribution >= 0.6 is 0 Å². The monoisotopic (exact) mass is 428 g/mol. The van der Waals surface area contributed by atoms with Gasteiger partial charge in [-0.15, -0.1) is 0 Å². The Bertz CT molecular complexity index is 465. The molecule has 0 radical (unpaired) electrons. The van der Waals surface area contributed by atoms with Crippen molar-refractivity contribution in [3.8, 4) is 0 Å². The fraction of sp³-hybridized carbons (Fsp3) is 0.952. The number of hydrogen-bond acceptors (Lipinski definition) is 5. The molecule has 0 aromatic heterocycles. The van der Waals surface area contributed by atoms with E-state index in [4.69, 9.17) is 4.74 Å². The summed E-state index contributed by atoms with van der Waals surface area (Å²) in [5.41, 5.74) is -1.54.